The van der Waals surface area contributed by atoms with Gasteiger partial charge in [-0.3, -0.25) is 0 Å². The Bertz CT molecular complexity index is 341. The van der Waals surface area contributed by atoms with Crippen molar-refractivity contribution in [1.29, 1.82) is 0 Å². The normalized spacial score (nSPS) is 16.4. The van der Waals surface area contributed by atoms with Gasteiger partial charge in [-0.15, -0.1) is 0 Å². The van der Waals surface area contributed by atoms with Crippen LogP contribution < -0.4 is 5.32 Å². The van der Waals surface area contributed by atoms with Crippen LogP contribution in [0.4, 0.5) is 5.82 Å². The van der Waals surface area contributed by atoms with Gasteiger partial charge in [-0.25, -0.2) is 10.1 Å². The molecular formula is C9H14N3O+. The highest BCUT2D eigenvalue weighted by Gasteiger charge is 2.24. The zero-order valence-electron chi connectivity index (χ0n) is 7.92. The largest absolute Gasteiger partial charge is 0.340 e. The summed E-state index contributed by atoms with van der Waals surface area (Å²) < 4.78 is 0. The van der Waals surface area contributed by atoms with Crippen LogP contribution in [0.15, 0.2) is 0 Å². The predicted molar refractivity (Wildman–Crippen MR) is 47.6 cm³/mol. The summed E-state index contributed by atoms with van der Waals surface area (Å²) in [4.78, 5) is 18.7. The van der Waals surface area contributed by atoms with Gasteiger partial charge in [0.2, 0.25) is 0 Å². The number of rotatable bonds is 1. The molecule has 0 fully saturated rings. The van der Waals surface area contributed by atoms with Crippen LogP contribution in [0.5, 0.6) is 0 Å². The van der Waals surface area contributed by atoms with Gasteiger partial charge in [-0.2, -0.15) is 4.98 Å². The number of H-pyrrole nitrogens is 1. The van der Waals surface area contributed by atoms with Crippen LogP contribution in [0.3, 0.4) is 0 Å². The summed E-state index contributed by atoms with van der Waals surface area (Å²) in [6.07, 6.45) is 1.43. The maximum Gasteiger partial charge on any atom is 0.317 e. The van der Waals surface area contributed by atoms with Crippen molar-refractivity contribution in [3.05, 3.63) is 11.5 Å². The van der Waals surface area contributed by atoms with E-state index in [9.17, 15) is 4.79 Å². The van der Waals surface area contributed by atoms with E-state index in [2.05, 4.69) is 23.8 Å². The minimum atomic E-state index is 0.189. The first-order chi connectivity index (χ1) is 6.16. The molecule has 2 rings (SSSR count). The monoisotopic (exact) mass is 180 g/mol. The molecular weight excluding hydrogens is 166 g/mol. The molecule has 70 valence electrons. The van der Waals surface area contributed by atoms with Gasteiger partial charge in [-0.05, 0) is 0 Å². The van der Waals surface area contributed by atoms with Crippen molar-refractivity contribution in [2.75, 3.05) is 0 Å². The highest BCUT2D eigenvalue weighted by atomic mass is 16.1. The fourth-order valence-corrected chi connectivity index (χ4v) is 1.50. The number of aromatic amines is 1. The molecule has 1 aromatic rings. The van der Waals surface area contributed by atoms with Crippen molar-refractivity contribution < 1.29 is 10.1 Å². The maximum atomic E-state index is 11.1. The van der Waals surface area contributed by atoms with Crippen molar-refractivity contribution in [3.8, 4) is 0 Å². The molecule has 0 unspecified atom stereocenters. The van der Waals surface area contributed by atoms with E-state index in [-0.39, 0.29) is 5.91 Å². The van der Waals surface area contributed by atoms with Gasteiger partial charge >= 0.3 is 5.91 Å². The van der Waals surface area contributed by atoms with Crippen LogP contribution in [0, 0.1) is 0 Å². The van der Waals surface area contributed by atoms with Gasteiger partial charge < -0.3 is 4.98 Å². The Morgan fingerprint density at radius 1 is 1.46 bits per heavy atom. The molecule has 3 N–H and O–H groups in total. The molecule has 2 heterocycles. The number of quaternary nitrogens is 1. The summed E-state index contributed by atoms with van der Waals surface area (Å²) in [7, 11) is 0. The molecule has 0 saturated heterocycles. The van der Waals surface area contributed by atoms with E-state index in [1.165, 1.54) is 0 Å². The number of carbonyl (C=O) groups excluding carboxylic acids is 1. The van der Waals surface area contributed by atoms with Crippen LogP contribution in [0.2, 0.25) is 0 Å². The Balaban J connectivity index is 2.33. The van der Waals surface area contributed by atoms with Gasteiger partial charge in [0.15, 0.2) is 0 Å². The Labute approximate surface area is 76.8 Å². The maximum absolute atomic E-state index is 11.1. The fraction of sp³-hybridized carbons (Fsp3) is 0.556. The second-order valence-electron chi connectivity index (χ2n) is 3.75. The van der Waals surface area contributed by atoms with Crippen LogP contribution in [-0.4, -0.2) is 15.9 Å². The van der Waals surface area contributed by atoms with E-state index < -0.39 is 0 Å². The molecule has 1 aromatic heterocycles. The van der Waals surface area contributed by atoms with Crippen molar-refractivity contribution >= 4 is 11.7 Å². The number of primary amides is 1. The molecule has 0 bridgehead atoms. The topological polar surface area (TPSA) is 62.4 Å². The molecule has 1 aliphatic rings. The molecule has 0 spiro atoms. The fourth-order valence-electron chi connectivity index (χ4n) is 1.50. The van der Waals surface area contributed by atoms with Crippen molar-refractivity contribution in [3.63, 3.8) is 0 Å². The SMILES string of the molecule is CC(C)c1nc2c([nH]1)CCC(=O)[NH2+]2. The van der Waals surface area contributed by atoms with Gasteiger partial charge in [0.25, 0.3) is 5.82 Å². The lowest BCUT2D eigenvalue weighted by molar-refractivity contribution is -0.490. The number of imidazole rings is 1. The van der Waals surface area contributed by atoms with Crippen LogP contribution in [0.1, 0.15) is 37.7 Å². The number of hydrogen-bond acceptors (Lipinski definition) is 2. The van der Waals surface area contributed by atoms with Crippen LogP contribution >= 0.6 is 0 Å². The molecule has 0 aromatic carbocycles. The summed E-state index contributed by atoms with van der Waals surface area (Å²) in [5.74, 6) is 2.42. The quantitative estimate of drug-likeness (QED) is 0.648. The molecule has 1 aliphatic heterocycles. The minimum Gasteiger partial charge on any atom is -0.340 e. The minimum absolute atomic E-state index is 0.189. The summed E-state index contributed by atoms with van der Waals surface area (Å²) in [6.45, 7) is 4.18. The smallest absolute Gasteiger partial charge is 0.317 e. The van der Waals surface area contributed by atoms with Gasteiger partial charge in [0.05, 0.1) is 6.42 Å². The molecule has 1 amide bonds. The Kier molecular flexibility index (Phi) is 1.92. The van der Waals surface area contributed by atoms with Gasteiger partial charge in [-0.1, -0.05) is 13.8 Å². The molecule has 4 heteroatoms. The Morgan fingerprint density at radius 3 is 2.92 bits per heavy atom. The van der Waals surface area contributed by atoms with E-state index in [1.54, 1.807) is 5.32 Å². The molecule has 0 saturated carbocycles. The number of carbonyl (C=O) groups is 1. The van der Waals surface area contributed by atoms with Crippen molar-refractivity contribution in [2.24, 2.45) is 0 Å². The molecule has 0 radical (unpaired) electrons. The Morgan fingerprint density at radius 2 is 2.23 bits per heavy atom. The highest BCUT2D eigenvalue weighted by Crippen LogP contribution is 2.17. The third-order valence-electron chi connectivity index (χ3n) is 2.30. The number of aromatic nitrogens is 2. The third kappa shape index (κ3) is 1.49. The molecule has 0 atom stereocenters. The Hall–Kier alpha value is -1.16. The summed E-state index contributed by atoms with van der Waals surface area (Å²) in [5, 5.41) is 1.64. The van der Waals surface area contributed by atoms with Crippen molar-refractivity contribution in [2.45, 2.75) is 32.6 Å². The molecule has 13 heavy (non-hydrogen) atoms. The number of nitrogens with zero attached hydrogens (tertiary/aromatic N) is 1. The van der Waals surface area contributed by atoms with E-state index in [1.807, 2.05) is 0 Å². The first kappa shape index (κ1) is 8.44. The van der Waals surface area contributed by atoms with Gasteiger partial charge in [0, 0.05) is 12.3 Å². The first-order valence-electron chi connectivity index (χ1n) is 4.63. The van der Waals surface area contributed by atoms with Crippen LogP contribution in [0.25, 0.3) is 0 Å². The zero-order chi connectivity index (χ0) is 9.42. The average molecular weight is 180 g/mol. The summed E-state index contributed by atoms with van der Waals surface area (Å²) >= 11 is 0. The van der Waals surface area contributed by atoms with E-state index in [0.717, 1.165) is 23.8 Å². The lowest BCUT2D eigenvalue weighted by atomic mass is 10.2. The number of nitrogens with one attached hydrogen (secondary N) is 1. The third-order valence-corrected chi connectivity index (χ3v) is 2.30. The number of fused-ring (bicyclic) bond motifs is 1. The average Bonchev–Trinajstić information content (AvgIpc) is 2.46. The van der Waals surface area contributed by atoms with E-state index in [4.69, 9.17) is 0 Å². The molecule has 0 aliphatic carbocycles. The van der Waals surface area contributed by atoms with Gasteiger partial charge in [0.1, 0.15) is 11.5 Å². The second-order valence-corrected chi connectivity index (χ2v) is 3.75. The lowest BCUT2D eigenvalue weighted by Crippen LogP contribution is -2.84. The lowest BCUT2D eigenvalue weighted by Gasteiger charge is -2.03. The summed E-state index contributed by atoms with van der Waals surface area (Å²) in [6, 6.07) is 0. The van der Waals surface area contributed by atoms with E-state index in [0.29, 0.717) is 12.3 Å². The molecule has 4 nitrogen and oxygen atoms in total. The summed E-state index contributed by atoms with van der Waals surface area (Å²) in [5.41, 5.74) is 1.11. The van der Waals surface area contributed by atoms with E-state index >= 15 is 0 Å². The van der Waals surface area contributed by atoms with Crippen LogP contribution in [-0.2, 0) is 11.2 Å². The van der Waals surface area contributed by atoms with Crippen molar-refractivity contribution in [1.82, 2.24) is 9.97 Å². The number of amides is 1. The number of aryl methyl sites for hydroxylation is 1. The number of nitrogens with two attached hydrogens (primary N) is 1. The number of hydrogen-bond donors (Lipinski definition) is 2. The second kappa shape index (κ2) is 2.96. The predicted octanol–water partition coefficient (Wildman–Crippen LogP) is 0.201. The highest BCUT2D eigenvalue weighted by molar-refractivity contribution is 5.70. The zero-order valence-corrected chi connectivity index (χ0v) is 7.92. The first-order valence-corrected chi connectivity index (χ1v) is 4.63. The standard InChI is InChI=1S/C9H13N3O/c1-5(2)8-10-6-3-4-7(13)11-9(6)12-8/h5H,3-4H2,1-2H3,(H,10,12)(H,11,13)/p+1.